The molecule has 16 heavy (non-hydrogen) atoms. The molecule has 0 fully saturated rings. The molecule has 1 heteroatoms. The molecule has 0 aliphatic heterocycles. The van der Waals surface area contributed by atoms with Gasteiger partial charge in [-0.25, -0.2) is 0 Å². The summed E-state index contributed by atoms with van der Waals surface area (Å²) in [7, 11) is 0. The maximum atomic E-state index is 12.3. The van der Waals surface area contributed by atoms with Crippen LogP contribution in [0.25, 0.3) is 21.5 Å². The van der Waals surface area contributed by atoms with Crippen molar-refractivity contribution in [2.75, 3.05) is 0 Å². The molecule has 0 aliphatic rings. The first-order chi connectivity index (χ1) is 7.86. The highest BCUT2D eigenvalue weighted by Gasteiger charge is 1.99. The van der Waals surface area contributed by atoms with Crippen LogP contribution in [-0.4, -0.2) is 0 Å². The average molecular weight is 208 g/mol. The van der Waals surface area contributed by atoms with Crippen LogP contribution >= 0.6 is 0 Å². The highest BCUT2D eigenvalue weighted by molar-refractivity contribution is 5.92. The van der Waals surface area contributed by atoms with Gasteiger partial charge in [0.05, 0.1) is 0 Å². The molecule has 0 amide bonds. The molecule has 0 N–H and O–H groups in total. The molecule has 0 saturated heterocycles. The lowest BCUT2D eigenvalue weighted by atomic mass is 10.2. The molecule has 0 aliphatic carbocycles. The topological polar surface area (TPSA) is 17.1 Å². The quantitative estimate of drug-likeness (QED) is 0.553. The molecule has 0 aromatic heterocycles. The third kappa shape index (κ3) is 1.29. The van der Waals surface area contributed by atoms with Crippen molar-refractivity contribution in [3.8, 4) is 0 Å². The van der Waals surface area contributed by atoms with Gasteiger partial charge in [-0.3, -0.25) is 4.79 Å². The summed E-state index contributed by atoms with van der Waals surface area (Å²) in [6, 6.07) is 19.4. The number of rotatable bonds is 0. The van der Waals surface area contributed by atoms with Crippen molar-refractivity contribution in [3.63, 3.8) is 0 Å². The molecular formula is C15H10O. The second kappa shape index (κ2) is 3.46. The Morgan fingerprint density at radius 2 is 1.06 bits per heavy atom. The Morgan fingerprint density at radius 3 is 1.56 bits per heavy atom. The average Bonchev–Trinajstić information content (AvgIpc) is 2.49. The van der Waals surface area contributed by atoms with Crippen molar-refractivity contribution in [1.82, 2.24) is 0 Å². The summed E-state index contributed by atoms with van der Waals surface area (Å²) in [5, 5.41) is 3.54. The van der Waals surface area contributed by atoms with Crippen LogP contribution in [0.15, 0.2) is 65.5 Å². The van der Waals surface area contributed by atoms with Gasteiger partial charge in [-0.05, 0) is 10.8 Å². The van der Waals surface area contributed by atoms with Gasteiger partial charge in [0.1, 0.15) is 0 Å². The van der Waals surface area contributed by atoms with E-state index in [9.17, 15) is 4.79 Å². The summed E-state index contributed by atoms with van der Waals surface area (Å²) in [6.45, 7) is 0. The normalized spacial score (nSPS) is 10.8. The van der Waals surface area contributed by atoms with E-state index < -0.39 is 0 Å². The number of benzene rings is 2. The summed E-state index contributed by atoms with van der Waals surface area (Å²) >= 11 is 0. The summed E-state index contributed by atoms with van der Waals surface area (Å²) in [4.78, 5) is 12.3. The van der Waals surface area contributed by atoms with E-state index in [1.54, 1.807) is 0 Å². The Kier molecular flexibility index (Phi) is 1.97. The second-order valence-electron chi connectivity index (χ2n) is 3.84. The van der Waals surface area contributed by atoms with Crippen molar-refractivity contribution in [2.45, 2.75) is 0 Å². The smallest absolute Gasteiger partial charge is 0.194 e. The zero-order chi connectivity index (χ0) is 11.0. The third-order valence-corrected chi connectivity index (χ3v) is 2.85. The molecule has 76 valence electrons. The molecule has 0 unspecified atom stereocenters. The Labute approximate surface area is 93.0 Å². The lowest BCUT2D eigenvalue weighted by Gasteiger charge is -1.90. The maximum Gasteiger partial charge on any atom is 0.194 e. The molecule has 3 rings (SSSR count). The zero-order valence-electron chi connectivity index (χ0n) is 8.68. The van der Waals surface area contributed by atoms with Crippen molar-refractivity contribution >= 4 is 21.5 Å². The second-order valence-corrected chi connectivity index (χ2v) is 3.84. The fourth-order valence-corrected chi connectivity index (χ4v) is 2.02. The molecule has 0 heterocycles. The first-order valence-corrected chi connectivity index (χ1v) is 5.27. The molecule has 0 atom stereocenters. The van der Waals surface area contributed by atoms with Crippen molar-refractivity contribution in [1.29, 1.82) is 0 Å². The van der Waals surface area contributed by atoms with Crippen LogP contribution in [0.4, 0.5) is 0 Å². The molecule has 0 radical (unpaired) electrons. The Hall–Kier alpha value is -2.15. The summed E-state index contributed by atoms with van der Waals surface area (Å²) in [5.41, 5.74) is 0.108. The van der Waals surface area contributed by atoms with Crippen LogP contribution in [0.3, 0.4) is 0 Å². The molecular weight excluding hydrogens is 198 g/mol. The SMILES string of the molecule is O=[14c]1c2ccccc2ccc2ccccc21. The van der Waals surface area contributed by atoms with E-state index in [4.69, 9.17) is 0 Å². The predicted molar refractivity (Wildman–Crippen MR) is 67.7 cm³/mol. The number of hydrogen-bond acceptors (Lipinski definition) is 1. The van der Waals surface area contributed by atoms with E-state index in [1.807, 2.05) is 60.7 Å². The monoisotopic (exact) mass is 208 g/mol. The Bertz CT molecular complexity index is 668. The molecule has 3 aromatic rings. The molecule has 0 bridgehead atoms. The van der Waals surface area contributed by atoms with Gasteiger partial charge in [-0.2, -0.15) is 0 Å². The van der Waals surface area contributed by atoms with Crippen LogP contribution in [0.1, 0.15) is 0 Å². The molecule has 3 aromatic carbocycles. The van der Waals surface area contributed by atoms with Gasteiger partial charge < -0.3 is 0 Å². The third-order valence-electron chi connectivity index (χ3n) is 2.85. The van der Waals surface area contributed by atoms with Gasteiger partial charge >= 0.3 is 0 Å². The van der Waals surface area contributed by atoms with E-state index >= 15 is 0 Å². The minimum atomic E-state index is 0.108. The molecule has 0 saturated carbocycles. The maximum absolute atomic E-state index is 12.3. The zero-order valence-corrected chi connectivity index (χ0v) is 8.68. The predicted octanol–water partition coefficient (Wildman–Crippen LogP) is 3.35. The lowest BCUT2D eigenvalue weighted by molar-refractivity contribution is 1.75. The Morgan fingerprint density at radius 1 is 0.625 bits per heavy atom. The van der Waals surface area contributed by atoms with Crippen LogP contribution in [0.2, 0.25) is 0 Å². The molecule has 1 nitrogen and oxygen atoms in total. The Balaban J connectivity index is 2.69. The highest BCUT2D eigenvalue weighted by atomic mass is 16.3. The van der Waals surface area contributed by atoms with Crippen LogP contribution < -0.4 is 5.43 Å². The van der Waals surface area contributed by atoms with Crippen molar-refractivity contribution in [2.24, 2.45) is 0 Å². The van der Waals surface area contributed by atoms with E-state index in [1.165, 1.54) is 0 Å². The standard InChI is InChI=1S/C15H10O/c16-15-13-7-3-1-5-11(13)9-10-12-6-2-4-8-14(12)15/h1-10H/i15+2. The summed E-state index contributed by atoms with van der Waals surface area (Å²) < 4.78 is 0. The van der Waals surface area contributed by atoms with Crippen LogP contribution in [0, 0.1) is 0 Å². The molecule has 0 spiro atoms. The van der Waals surface area contributed by atoms with Crippen LogP contribution in [-0.2, 0) is 0 Å². The summed E-state index contributed by atoms with van der Waals surface area (Å²) in [6.07, 6.45) is 0. The van der Waals surface area contributed by atoms with E-state index in [2.05, 4.69) is 0 Å². The van der Waals surface area contributed by atoms with Gasteiger partial charge in [0.25, 0.3) is 0 Å². The summed E-state index contributed by atoms with van der Waals surface area (Å²) in [5.74, 6) is 0. The van der Waals surface area contributed by atoms with Crippen LogP contribution in [0.5, 0.6) is 0 Å². The fraction of sp³-hybridized carbons (Fsp3) is 0. The minimum absolute atomic E-state index is 0.108. The fourth-order valence-electron chi connectivity index (χ4n) is 2.02. The van der Waals surface area contributed by atoms with Crippen molar-refractivity contribution in [3.05, 3.63) is 70.9 Å². The largest absolute Gasteiger partial charge is 0.289 e. The van der Waals surface area contributed by atoms with Gasteiger partial charge in [0.2, 0.25) is 0 Å². The number of fused-ring (bicyclic) bond motifs is 2. The van der Waals surface area contributed by atoms with Gasteiger partial charge in [-0.1, -0.05) is 60.7 Å². The first-order valence-electron chi connectivity index (χ1n) is 5.27. The minimum Gasteiger partial charge on any atom is -0.289 e. The van der Waals surface area contributed by atoms with E-state index in [-0.39, 0.29) is 5.43 Å². The first kappa shape index (κ1) is 9.10. The van der Waals surface area contributed by atoms with E-state index in [0.29, 0.717) is 0 Å². The van der Waals surface area contributed by atoms with E-state index in [0.717, 1.165) is 21.5 Å². The van der Waals surface area contributed by atoms with Gasteiger partial charge in [0.15, 0.2) is 5.43 Å². The number of hydrogen-bond donors (Lipinski definition) is 0. The highest BCUT2D eigenvalue weighted by Crippen LogP contribution is 2.14. The van der Waals surface area contributed by atoms with Crippen molar-refractivity contribution < 1.29 is 0 Å². The lowest BCUT2D eigenvalue weighted by Crippen LogP contribution is -1.97. The van der Waals surface area contributed by atoms with Gasteiger partial charge in [-0.15, -0.1) is 0 Å². The van der Waals surface area contributed by atoms with Gasteiger partial charge in [0, 0.05) is 10.8 Å².